The molecule has 1 amide bonds. The van der Waals surface area contributed by atoms with Crippen molar-refractivity contribution in [2.45, 2.75) is 19.4 Å². The van der Waals surface area contributed by atoms with Gasteiger partial charge in [-0.25, -0.2) is 0 Å². The van der Waals surface area contributed by atoms with Crippen LogP contribution in [0.3, 0.4) is 0 Å². The lowest BCUT2D eigenvalue weighted by molar-refractivity contribution is 0.0968. The van der Waals surface area contributed by atoms with E-state index in [0.717, 1.165) is 6.42 Å². The van der Waals surface area contributed by atoms with Gasteiger partial charge in [-0.15, -0.1) is 11.3 Å². The zero-order valence-electron chi connectivity index (χ0n) is 11.2. The molecule has 0 bridgehead atoms. The van der Waals surface area contributed by atoms with Gasteiger partial charge in [-0.1, -0.05) is 6.92 Å². The molecule has 104 valence electrons. The van der Waals surface area contributed by atoms with Gasteiger partial charge in [0.05, 0.1) is 12.3 Å². The summed E-state index contributed by atoms with van der Waals surface area (Å²) in [4.78, 5) is 12.0. The average molecular weight is 282 g/mol. The minimum absolute atomic E-state index is 0.0766. The van der Waals surface area contributed by atoms with Crippen molar-refractivity contribution in [3.05, 3.63) is 10.4 Å². The molecule has 19 heavy (non-hydrogen) atoms. The number of carbonyl (C=O) groups is 1. The van der Waals surface area contributed by atoms with E-state index in [1.807, 2.05) is 13.0 Å². The minimum atomic E-state index is -0.285. The zero-order chi connectivity index (χ0) is 14.4. The van der Waals surface area contributed by atoms with Crippen LogP contribution < -0.4 is 16.4 Å². The molecule has 4 N–H and O–H groups in total. The van der Waals surface area contributed by atoms with Crippen LogP contribution in [0.1, 0.15) is 28.6 Å². The molecule has 0 aromatic carbocycles. The van der Waals surface area contributed by atoms with Crippen LogP contribution in [-0.4, -0.2) is 32.7 Å². The van der Waals surface area contributed by atoms with Gasteiger partial charge in [0.25, 0.3) is 5.91 Å². The highest BCUT2D eigenvalue weighted by molar-refractivity contribution is 7.18. The molecule has 1 aromatic heterocycles. The molecule has 7 heteroatoms. The number of thiophene rings is 1. The molecule has 6 nitrogen and oxygen atoms in total. The van der Waals surface area contributed by atoms with Crippen LogP contribution in [-0.2, 0) is 4.74 Å². The van der Waals surface area contributed by atoms with Crippen LogP contribution in [0.25, 0.3) is 0 Å². The van der Waals surface area contributed by atoms with E-state index in [-0.39, 0.29) is 17.6 Å². The summed E-state index contributed by atoms with van der Waals surface area (Å²) < 4.78 is 5.09. The number of hydrogen-bond donors (Lipinski definition) is 3. The summed E-state index contributed by atoms with van der Waals surface area (Å²) in [7, 11) is 3.15. The summed E-state index contributed by atoms with van der Waals surface area (Å²) in [6, 6.07) is 2.11. The first kappa shape index (κ1) is 15.3. The average Bonchev–Trinajstić information content (AvgIpc) is 2.73. The third-order valence-electron chi connectivity index (χ3n) is 2.69. The van der Waals surface area contributed by atoms with Gasteiger partial charge >= 0.3 is 0 Å². The maximum absolute atomic E-state index is 11.7. The highest BCUT2D eigenvalue weighted by Crippen LogP contribution is 2.35. The van der Waals surface area contributed by atoms with Crippen LogP contribution in [0.5, 0.6) is 0 Å². The van der Waals surface area contributed by atoms with Gasteiger partial charge in [0.1, 0.15) is 21.5 Å². The number of nitrogens with one attached hydrogen (secondary N) is 2. The summed E-state index contributed by atoms with van der Waals surface area (Å²) in [6.07, 6.45) is 0.839. The Kier molecular flexibility index (Phi) is 5.60. The van der Waals surface area contributed by atoms with Crippen molar-refractivity contribution in [2.75, 3.05) is 31.8 Å². The lowest BCUT2D eigenvalue weighted by Gasteiger charge is -2.15. The van der Waals surface area contributed by atoms with Crippen LogP contribution >= 0.6 is 11.3 Å². The van der Waals surface area contributed by atoms with E-state index in [1.165, 1.54) is 18.4 Å². The van der Waals surface area contributed by atoms with Gasteiger partial charge in [0.2, 0.25) is 0 Å². The van der Waals surface area contributed by atoms with E-state index >= 15 is 0 Å². The number of nitrogen functional groups attached to an aromatic ring is 1. The number of anilines is 2. The molecule has 0 aliphatic carbocycles. The quantitative estimate of drug-likeness (QED) is 0.732. The van der Waals surface area contributed by atoms with Crippen LogP contribution in [0.4, 0.5) is 10.7 Å². The normalized spacial score (nSPS) is 11.7. The lowest BCUT2D eigenvalue weighted by atomic mass is 10.2. The van der Waals surface area contributed by atoms with Crippen molar-refractivity contribution >= 4 is 27.9 Å². The summed E-state index contributed by atoms with van der Waals surface area (Å²) in [5.41, 5.74) is 6.38. The number of amides is 1. The number of ether oxygens (including phenoxy) is 1. The van der Waals surface area contributed by atoms with Gasteiger partial charge in [0, 0.05) is 20.2 Å². The molecule has 0 fully saturated rings. The summed E-state index contributed by atoms with van der Waals surface area (Å²) in [5, 5.41) is 15.5. The standard InChI is InChI=1S/C12H18N4O2S/c1-4-7(6-18-3)16-12-8(5-13)9(14)10(19-12)11(17)15-2/h7,16H,4,6,14H2,1-3H3,(H,15,17). The maximum Gasteiger partial charge on any atom is 0.263 e. The molecule has 0 radical (unpaired) electrons. The maximum atomic E-state index is 11.7. The number of carbonyl (C=O) groups excluding carboxylic acids is 1. The molecule has 1 aromatic rings. The smallest absolute Gasteiger partial charge is 0.263 e. The highest BCUT2D eigenvalue weighted by Gasteiger charge is 2.21. The molecule has 1 rings (SSSR count). The molecule has 0 saturated heterocycles. The van der Waals surface area contributed by atoms with E-state index in [4.69, 9.17) is 15.7 Å². The predicted octanol–water partition coefficient (Wildman–Crippen LogP) is 1.40. The van der Waals surface area contributed by atoms with E-state index in [1.54, 1.807) is 7.11 Å². The van der Waals surface area contributed by atoms with E-state index in [9.17, 15) is 4.79 Å². The Morgan fingerprint density at radius 1 is 1.63 bits per heavy atom. The van der Waals surface area contributed by atoms with Crippen molar-refractivity contribution in [3.63, 3.8) is 0 Å². The van der Waals surface area contributed by atoms with E-state index < -0.39 is 0 Å². The Hall–Kier alpha value is -1.78. The fraction of sp³-hybridized carbons (Fsp3) is 0.500. The molecule has 1 unspecified atom stereocenters. The van der Waals surface area contributed by atoms with Crippen LogP contribution in [0, 0.1) is 11.3 Å². The second-order valence-corrected chi connectivity index (χ2v) is 4.97. The van der Waals surface area contributed by atoms with E-state index in [0.29, 0.717) is 22.0 Å². The van der Waals surface area contributed by atoms with E-state index in [2.05, 4.69) is 10.6 Å². The van der Waals surface area contributed by atoms with Gasteiger partial charge in [-0.05, 0) is 6.42 Å². The molecule has 0 aliphatic rings. The topological polar surface area (TPSA) is 100 Å². The van der Waals surface area contributed by atoms with Crippen molar-refractivity contribution < 1.29 is 9.53 Å². The Labute approximate surface area is 116 Å². The van der Waals surface area contributed by atoms with Gasteiger partial charge in [0.15, 0.2) is 0 Å². The first-order valence-corrected chi connectivity index (χ1v) is 6.70. The Bertz CT molecular complexity index is 493. The Morgan fingerprint density at radius 2 is 2.32 bits per heavy atom. The highest BCUT2D eigenvalue weighted by atomic mass is 32.1. The fourth-order valence-corrected chi connectivity index (χ4v) is 2.68. The third-order valence-corrected chi connectivity index (χ3v) is 3.82. The second kappa shape index (κ2) is 6.97. The number of nitrogens with two attached hydrogens (primary N) is 1. The van der Waals surface area contributed by atoms with Crippen molar-refractivity contribution in [3.8, 4) is 6.07 Å². The molecule has 0 aliphatic heterocycles. The Morgan fingerprint density at radius 3 is 2.79 bits per heavy atom. The minimum Gasteiger partial charge on any atom is -0.396 e. The predicted molar refractivity (Wildman–Crippen MR) is 76.4 cm³/mol. The summed E-state index contributed by atoms with van der Waals surface area (Å²) >= 11 is 1.19. The second-order valence-electron chi connectivity index (χ2n) is 3.94. The molecular formula is C12H18N4O2S. The molecule has 1 heterocycles. The summed E-state index contributed by atoms with van der Waals surface area (Å²) in [6.45, 7) is 2.54. The molecular weight excluding hydrogens is 264 g/mol. The Balaban J connectivity index is 3.07. The number of nitrogens with zero attached hydrogens (tertiary/aromatic N) is 1. The third kappa shape index (κ3) is 3.36. The van der Waals surface area contributed by atoms with Crippen LogP contribution in [0.15, 0.2) is 0 Å². The van der Waals surface area contributed by atoms with Crippen LogP contribution in [0.2, 0.25) is 0 Å². The van der Waals surface area contributed by atoms with Crippen molar-refractivity contribution in [1.82, 2.24) is 5.32 Å². The molecule has 0 spiro atoms. The summed E-state index contributed by atoms with van der Waals surface area (Å²) in [5.74, 6) is -0.285. The SMILES string of the molecule is CCC(COC)Nc1sc(C(=O)NC)c(N)c1C#N. The van der Waals surface area contributed by atoms with Gasteiger partial charge < -0.3 is 21.1 Å². The van der Waals surface area contributed by atoms with Crippen molar-refractivity contribution in [2.24, 2.45) is 0 Å². The largest absolute Gasteiger partial charge is 0.396 e. The zero-order valence-corrected chi connectivity index (χ0v) is 12.1. The monoisotopic (exact) mass is 282 g/mol. The number of nitriles is 1. The first-order valence-electron chi connectivity index (χ1n) is 5.88. The number of rotatable bonds is 6. The molecule has 1 atom stereocenters. The fourth-order valence-electron chi connectivity index (χ4n) is 1.59. The van der Waals surface area contributed by atoms with Gasteiger partial charge in [-0.3, -0.25) is 4.79 Å². The van der Waals surface area contributed by atoms with Crippen molar-refractivity contribution in [1.29, 1.82) is 5.26 Å². The van der Waals surface area contributed by atoms with Gasteiger partial charge in [-0.2, -0.15) is 5.26 Å². The number of hydrogen-bond acceptors (Lipinski definition) is 6. The number of methoxy groups -OCH3 is 1. The molecule has 0 saturated carbocycles. The lowest BCUT2D eigenvalue weighted by Crippen LogP contribution is -2.23. The first-order chi connectivity index (χ1) is 9.08.